The smallest absolute Gasteiger partial charge is 0.191 e. The molecular weight excluding hydrogens is 174 g/mol. The number of guanidine groups is 1. The average molecular weight is 189 g/mol. The average Bonchev–Trinajstić information content (AvgIpc) is 2.47. The summed E-state index contributed by atoms with van der Waals surface area (Å²) in [5.41, 5.74) is 8.24. The highest BCUT2D eigenvalue weighted by molar-refractivity contribution is 5.79. The minimum Gasteiger partial charge on any atom is -0.370 e. The van der Waals surface area contributed by atoms with E-state index in [1.54, 1.807) is 0 Å². The summed E-state index contributed by atoms with van der Waals surface area (Å²) < 4.78 is 0. The van der Waals surface area contributed by atoms with Gasteiger partial charge in [-0.15, -0.1) is 0 Å². The SMILES string of the molecule is Cc1cccc(C2CN(C)C(N)=N2)c1. The second-order valence-corrected chi connectivity index (χ2v) is 3.80. The Hall–Kier alpha value is -1.51. The van der Waals surface area contributed by atoms with Crippen molar-refractivity contribution in [1.29, 1.82) is 0 Å². The van der Waals surface area contributed by atoms with Crippen molar-refractivity contribution in [2.45, 2.75) is 13.0 Å². The molecule has 1 aromatic carbocycles. The van der Waals surface area contributed by atoms with Gasteiger partial charge in [-0.1, -0.05) is 29.8 Å². The van der Waals surface area contributed by atoms with Crippen molar-refractivity contribution in [2.24, 2.45) is 10.7 Å². The van der Waals surface area contributed by atoms with E-state index < -0.39 is 0 Å². The first-order valence-corrected chi connectivity index (χ1v) is 4.78. The zero-order valence-electron chi connectivity index (χ0n) is 8.57. The highest BCUT2D eigenvalue weighted by Gasteiger charge is 2.21. The van der Waals surface area contributed by atoms with Crippen molar-refractivity contribution in [1.82, 2.24) is 4.90 Å². The van der Waals surface area contributed by atoms with Crippen LogP contribution in [0.2, 0.25) is 0 Å². The number of nitrogens with two attached hydrogens (primary N) is 1. The molecule has 0 aromatic heterocycles. The Balaban J connectivity index is 2.26. The van der Waals surface area contributed by atoms with Gasteiger partial charge in [0, 0.05) is 13.6 Å². The van der Waals surface area contributed by atoms with Crippen LogP contribution in [0.3, 0.4) is 0 Å². The van der Waals surface area contributed by atoms with Crippen molar-refractivity contribution in [3.63, 3.8) is 0 Å². The molecule has 0 amide bonds. The predicted octanol–water partition coefficient (Wildman–Crippen LogP) is 1.30. The van der Waals surface area contributed by atoms with Gasteiger partial charge in [-0.05, 0) is 12.5 Å². The first-order valence-electron chi connectivity index (χ1n) is 4.78. The maximum absolute atomic E-state index is 5.72. The Morgan fingerprint density at radius 1 is 1.50 bits per heavy atom. The van der Waals surface area contributed by atoms with Gasteiger partial charge in [0.05, 0.1) is 6.04 Å². The van der Waals surface area contributed by atoms with Gasteiger partial charge in [-0.25, -0.2) is 4.99 Å². The normalized spacial score (nSPS) is 21.1. The molecule has 0 bridgehead atoms. The second kappa shape index (κ2) is 3.33. The lowest BCUT2D eigenvalue weighted by Gasteiger charge is -2.11. The van der Waals surface area contributed by atoms with E-state index in [4.69, 9.17) is 5.73 Å². The molecular formula is C11H15N3. The Morgan fingerprint density at radius 2 is 2.29 bits per heavy atom. The number of nitrogens with zero attached hydrogens (tertiary/aromatic N) is 2. The highest BCUT2D eigenvalue weighted by Crippen LogP contribution is 2.23. The molecule has 0 saturated carbocycles. The molecule has 1 unspecified atom stereocenters. The molecule has 0 spiro atoms. The van der Waals surface area contributed by atoms with Gasteiger partial charge in [0.1, 0.15) is 0 Å². The van der Waals surface area contributed by atoms with Crippen LogP contribution in [-0.2, 0) is 0 Å². The summed E-state index contributed by atoms with van der Waals surface area (Å²) in [7, 11) is 1.97. The lowest BCUT2D eigenvalue weighted by atomic mass is 10.1. The minimum atomic E-state index is 0.208. The maximum Gasteiger partial charge on any atom is 0.191 e. The summed E-state index contributed by atoms with van der Waals surface area (Å²) in [6.45, 7) is 2.98. The molecule has 1 atom stereocenters. The molecule has 1 aromatic rings. The van der Waals surface area contributed by atoms with Crippen LogP contribution in [0.5, 0.6) is 0 Å². The van der Waals surface area contributed by atoms with E-state index in [-0.39, 0.29) is 6.04 Å². The summed E-state index contributed by atoms with van der Waals surface area (Å²) in [5, 5.41) is 0. The molecule has 1 heterocycles. The summed E-state index contributed by atoms with van der Waals surface area (Å²) in [4.78, 5) is 6.38. The van der Waals surface area contributed by atoms with Gasteiger partial charge in [0.25, 0.3) is 0 Å². The van der Waals surface area contributed by atoms with Crippen LogP contribution >= 0.6 is 0 Å². The molecule has 1 aliphatic heterocycles. The van der Waals surface area contributed by atoms with E-state index in [1.165, 1.54) is 11.1 Å². The second-order valence-electron chi connectivity index (χ2n) is 3.80. The van der Waals surface area contributed by atoms with Crippen molar-refractivity contribution >= 4 is 5.96 Å². The fraction of sp³-hybridized carbons (Fsp3) is 0.364. The minimum absolute atomic E-state index is 0.208. The number of hydrogen-bond donors (Lipinski definition) is 1. The summed E-state index contributed by atoms with van der Waals surface area (Å²) in [5.74, 6) is 0.636. The molecule has 0 aliphatic carbocycles. The Kier molecular flexibility index (Phi) is 2.15. The zero-order valence-corrected chi connectivity index (χ0v) is 8.57. The lowest BCUT2D eigenvalue weighted by Crippen LogP contribution is -2.29. The van der Waals surface area contributed by atoms with Crippen LogP contribution in [-0.4, -0.2) is 24.5 Å². The third-order valence-corrected chi connectivity index (χ3v) is 2.55. The summed E-state index contributed by atoms with van der Waals surface area (Å²) in [6, 6.07) is 8.64. The van der Waals surface area contributed by atoms with E-state index in [0.717, 1.165) is 6.54 Å². The molecule has 2 rings (SSSR count). The van der Waals surface area contributed by atoms with Crippen molar-refractivity contribution in [3.8, 4) is 0 Å². The van der Waals surface area contributed by atoms with Crippen LogP contribution in [0, 0.1) is 6.92 Å². The monoisotopic (exact) mass is 189 g/mol. The van der Waals surface area contributed by atoms with E-state index >= 15 is 0 Å². The maximum atomic E-state index is 5.72. The van der Waals surface area contributed by atoms with Crippen molar-refractivity contribution in [3.05, 3.63) is 35.4 Å². The number of likely N-dealkylation sites (N-methyl/N-ethyl adjacent to an activating group) is 1. The third kappa shape index (κ3) is 1.58. The van der Waals surface area contributed by atoms with Gasteiger partial charge in [-0.3, -0.25) is 0 Å². The van der Waals surface area contributed by atoms with Crippen LogP contribution in [0.25, 0.3) is 0 Å². The van der Waals surface area contributed by atoms with Crippen LogP contribution in [0.15, 0.2) is 29.3 Å². The molecule has 0 saturated heterocycles. The Morgan fingerprint density at radius 3 is 2.86 bits per heavy atom. The van der Waals surface area contributed by atoms with Gasteiger partial charge in [-0.2, -0.15) is 0 Å². The molecule has 3 heteroatoms. The zero-order chi connectivity index (χ0) is 10.1. The highest BCUT2D eigenvalue weighted by atomic mass is 15.3. The predicted molar refractivity (Wildman–Crippen MR) is 58.2 cm³/mol. The van der Waals surface area contributed by atoms with E-state index in [0.29, 0.717) is 5.96 Å². The fourth-order valence-electron chi connectivity index (χ4n) is 1.71. The lowest BCUT2D eigenvalue weighted by molar-refractivity contribution is 0.504. The molecule has 3 nitrogen and oxygen atoms in total. The fourth-order valence-corrected chi connectivity index (χ4v) is 1.71. The third-order valence-electron chi connectivity index (χ3n) is 2.55. The molecule has 1 aliphatic rings. The first-order chi connectivity index (χ1) is 6.66. The first kappa shape index (κ1) is 9.06. The van der Waals surface area contributed by atoms with E-state index in [9.17, 15) is 0 Å². The number of hydrogen-bond acceptors (Lipinski definition) is 3. The molecule has 0 fully saturated rings. The molecule has 0 radical (unpaired) electrons. The van der Waals surface area contributed by atoms with Crippen LogP contribution in [0.1, 0.15) is 17.2 Å². The summed E-state index contributed by atoms with van der Waals surface area (Å²) >= 11 is 0. The quantitative estimate of drug-likeness (QED) is 0.723. The molecule has 2 N–H and O–H groups in total. The van der Waals surface area contributed by atoms with E-state index in [1.807, 2.05) is 11.9 Å². The Bertz CT molecular complexity index is 371. The Labute approximate surface area is 84.2 Å². The van der Waals surface area contributed by atoms with E-state index in [2.05, 4.69) is 36.2 Å². The molecule has 74 valence electrons. The van der Waals surface area contributed by atoms with Crippen LogP contribution < -0.4 is 5.73 Å². The van der Waals surface area contributed by atoms with Crippen molar-refractivity contribution in [2.75, 3.05) is 13.6 Å². The largest absolute Gasteiger partial charge is 0.370 e. The van der Waals surface area contributed by atoms with Gasteiger partial charge in [0.15, 0.2) is 5.96 Å². The van der Waals surface area contributed by atoms with Crippen LogP contribution in [0.4, 0.5) is 0 Å². The standard InChI is InChI=1S/C11H15N3/c1-8-4-3-5-9(6-8)10-7-14(2)11(12)13-10/h3-6,10H,7H2,1-2H3,(H2,12,13). The molecule has 14 heavy (non-hydrogen) atoms. The van der Waals surface area contributed by atoms with Gasteiger partial charge in [0.2, 0.25) is 0 Å². The topological polar surface area (TPSA) is 41.6 Å². The number of aryl methyl sites for hydroxylation is 1. The number of aliphatic imine (C=N–C) groups is 1. The summed E-state index contributed by atoms with van der Waals surface area (Å²) in [6.07, 6.45) is 0. The number of rotatable bonds is 1. The van der Waals surface area contributed by atoms with Gasteiger partial charge < -0.3 is 10.6 Å². The number of benzene rings is 1. The van der Waals surface area contributed by atoms with Crippen molar-refractivity contribution < 1.29 is 0 Å². The van der Waals surface area contributed by atoms with Gasteiger partial charge >= 0.3 is 0 Å².